The van der Waals surface area contributed by atoms with Gasteiger partial charge in [-0.05, 0) is 30.7 Å². The van der Waals surface area contributed by atoms with E-state index in [4.69, 9.17) is 30.5 Å². The van der Waals surface area contributed by atoms with Gasteiger partial charge in [-0.1, -0.05) is 17.7 Å². The van der Waals surface area contributed by atoms with E-state index in [0.29, 0.717) is 40.3 Å². The van der Waals surface area contributed by atoms with Gasteiger partial charge in [-0.25, -0.2) is 0 Å². The van der Waals surface area contributed by atoms with Crippen molar-refractivity contribution in [1.29, 1.82) is 0 Å². The van der Waals surface area contributed by atoms with E-state index in [1.807, 2.05) is 13.0 Å². The maximum atomic E-state index is 12.3. The molecule has 0 aliphatic rings. The molecule has 0 unspecified atom stereocenters. The van der Waals surface area contributed by atoms with Crippen molar-refractivity contribution in [2.24, 2.45) is 0 Å². The Morgan fingerprint density at radius 1 is 1.00 bits per heavy atom. The third kappa shape index (κ3) is 5.31. The maximum Gasteiger partial charge on any atom is 0.248 e. The maximum absolute atomic E-state index is 12.3. The summed E-state index contributed by atoms with van der Waals surface area (Å²) in [4.78, 5) is 12.3. The molecule has 0 saturated heterocycles. The zero-order chi connectivity index (χ0) is 19.8. The van der Waals surface area contributed by atoms with Crippen molar-refractivity contribution in [2.75, 3.05) is 33.3 Å². The highest BCUT2D eigenvalue weighted by molar-refractivity contribution is 6.32. The molecule has 0 aromatic heterocycles. The summed E-state index contributed by atoms with van der Waals surface area (Å²) in [6.07, 6.45) is 3.09. The lowest BCUT2D eigenvalue weighted by Crippen LogP contribution is -2.09. The molecule has 2 aromatic rings. The largest absolute Gasteiger partial charge is 0.495 e. The number of hydrogen-bond acceptors (Lipinski definition) is 5. The number of nitrogens with one attached hydrogen (secondary N) is 1. The second-order valence-corrected chi connectivity index (χ2v) is 5.76. The summed E-state index contributed by atoms with van der Waals surface area (Å²) in [6, 6.07) is 8.61. The molecule has 0 radical (unpaired) electrons. The van der Waals surface area contributed by atoms with Crippen LogP contribution in [0.1, 0.15) is 12.5 Å². The van der Waals surface area contributed by atoms with Gasteiger partial charge >= 0.3 is 0 Å². The molecule has 0 fully saturated rings. The van der Waals surface area contributed by atoms with Gasteiger partial charge in [0.05, 0.1) is 38.6 Å². The van der Waals surface area contributed by atoms with E-state index in [-0.39, 0.29) is 5.91 Å². The van der Waals surface area contributed by atoms with E-state index >= 15 is 0 Å². The summed E-state index contributed by atoms with van der Waals surface area (Å²) in [5.41, 5.74) is 1.26. The standard InChI is InChI=1S/C20H22ClNO5/c1-5-27-19-10-13(6-8-16(19)24-2)7-9-20(23)22-15-12-17(25-3)14(21)11-18(15)26-4/h6-12H,5H2,1-4H3,(H,22,23)/b9-7+. The van der Waals surface area contributed by atoms with Gasteiger partial charge in [0.25, 0.3) is 0 Å². The van der Waals surface area contributed by atoms with E-state index in [1.165, 1.54) is 20.3 Å². The highest BCUT2D eigenvalue weighted by Crippen LogP contribution is 2.36. The van der Waals surface area contributed by atoms with Crippen molar-refractivity contribution in [3.05, 3.63) is 47.0 Å². The van der Waals surface area contributed by atoms with Crippen molar-refractivity contribution in [1.82, 2.24) is 0 Å². The van der Waals surface area contributed by atoms with E-state index in [1.54, 1.807) is 37.5 Å². The SMILES string of the molecule is CCOc1cc(/C=C/C(=O)Nc2cc(OC)c(Cl)cc2OC)ccc1OC. The van der Waals surface area contributed by atoms with Crippen LogP contribution in [0.2, 0.25) is 5.02 Å². The monoisotopic (exact) mass is 391 g/mol. The average Bonchev–Trinajstić information content (AvgIpc) is 2.67. The number of anilines is 1. The lowest BCUT2D eigenvalue weighted by molar-refractivity contribution is -0.111. The first-order valence-corrected chi connectivity index (χ1v) is 8.61. The molecule has 144 valence electrons. The van der Waals surface area contributed by atoms with Crippen molar-refractivity contribution in [3.63, 3.8) is 0 Å². The van der Waals surface area contributed by atoms with Gasteiger partial charge in [0.15, 0.2) is 11.5 Å². The van der Waals surface area contributed by atoms with Gasteiger partial charge in [-0.15, -0.1) is 0 Å². The zero-order valence-electron chi connectivity index (χ0n) is 15.7. The molecule has 0 aliphatic carbocycles. The Labute approximate surface area is 163 Å². The number of ether oxygens (including phenoxy) is 4. The van der Waals surface area contributed by atoms with Crippen LogP contribution in [0.15, 0.2) is 36.4 Å². The molecule has 0 spiro atoms. The molecule has 6 nitrogen and oxygen atoms in total. The van der Waals surface area contributed by atoms with Gasteiger partial charge in [-0.3, -0.25) is 4.79 Å². The summed E-state index contributed by atoms with van der Waals surface area (Å²) in [7, 11) is 4.57. The highest BCUT2D eigenvalue weighted by Gasteiger charge is 2.11. The first kappa shape index (κ1) is 20.5. The molecule has 2 rings (SSSR count). The summed E-state index contributed by atoms with van der Waals surface area (Å²) in [6.45, 7) is 2.41. The molecule has 0 aliphatic heterocycles. The number of rotatable bonds is 8. The summed E-state index contributed by atoms with van der Waals surface area (Å²) in [5, 5.41) is 3.14. The van der Waals surface area contributed by atoms with Crippen molar-refractivity contribution in [3.8, 4) is 23.0 Å². The van der Waals surface area contributed by atoms with E-state index in [2.05, 4.69) is 5.32 Å². The number of benzene rings is 2. The number of amides is 1. The van der Waals surface area contributed by atoms with Crippen LogP contribution < -0.4 is 24.3 Å². The molecular weight excluding hydrogens is 370 g/mol. The van der Waals surface area contributed by atoms with E-state index in [0.717, 1.165) is 5.56 Å². The Kier molecular flexibility index (Phi) is 7.37. The Balaban J connectivity index is 2.17. The Morgan fingerprint density at radius 2 is 1.70 bits per heavy atom. The second-order valence-electron chi connectivity index (χ2n) is 5.35. The molecule has 0 atom stereocenters. The van der Waals surface area contributed by atoms with Crippen molar-refractivity contribution >= 4 is 29.3 Å². The minimum absolute atomic E-state index is 0.327. The summed E-state index contributed by atoms with van der Waals surface area (Å²) in [5.74, 6) is 1.80. The Hall–Kier alpha value is -2.86. The van der Waals surface area contributed by atoms with Gasteiger partial charge in [-0.2, -0.15) is 0 Å². The van der Waals surface area contributed by atoms with Gasteiger partial charge in [0.1, 0.15) is 11.5 Å². The van der Waals surface area contributed by atoms with Crippen LogP contribution in [-0.2, 0) is 4.79 Å². The zero-order valence-corrected chi connectivity index (χ0v) is 16.4. The Morgan fingerprint density at radius 3 is 2.33 bits per heavy atom. The fourth-order valence-corrected chi connectivity index (χ4v) is 2.60. The van der Waals surface area contributed by atoms with Crippen molar-refractivity contribution in [2.45, 2.75) is 6.92 Å². The Bertz CT molecular complexity index is 835. The van der Waals surface area contributed by atoms with Crippen LogP contribution in [0.4, 0.5) is 5.69 Å². The minimum atomic E-state index is -0.327. The average molecular weight is 392 g/mol. The van der Waals surface area contributed by atoms with Crippen LogP contribution in [0, 0.1) is 0 Å². The fraction of sp³-hybridized carbons (Fsp3) is 0.250. The number of carbonyl (C=O) groups is 1. The first-order chi connectivity index (χ1) is 13.0. The van der Waals surface area contributed by atoms with Crippen LogP contribution in [0.5, 0.6) is 23.0 Å². The lowest BCUT2D eigenvalue weighted by atomic mass is 10.2. The molecule has 2 aromatic carbocycles. The summed E-state index contributed by atoms with van der Waals surface area (Å²) >= 11 is 6.07. The molecule has 0 saturated carbocycles. The molecule has 0 bridgehead atoms. The third-order valence-corrected chi connectivity index (χ3v) is 3.94. The van der Waals surface area contributed by atoms with Crippen LogP contribution >= 0.6 is 11.6 Å². The first-order valence-electron chi connectivity index (χ1n) is 8.23. The fourth-order valence-electron chi connectivity index (χ4n) is 2.37. The molecule has 0 heterocycles. The number of hydrogen-bond donors (Lipinski definition) is 1. The molecule has 27 heavy (non-hydrogen) atoms. The summed E-state index contributed by atoms with van der Waals surface area (Å²) < 4.78 is 21.2. The van der Waals surface area contributed by atoms with E-state index in [9.17, 15) is 4.79 Å². The smallest absolute Gasteiger partial charge is 0.248 e. The van der Waals surface area contributed by atoms with Gasteiger partial charge in [0.2, 0.25) is 5.91 Å². The number of halogens is 1. The predicted molar refractivity (Wildman–Crippen MR) is 106 cm³/mol. The number of carbonyl (C=O) groups excluding carboxylic acids is 1. The predicted octanol–water partition coefficient (Wildman–Crippen LogP) is 4.42. The molecule has 1 amide bonds. The molecular formula is C20H22ClNO5. The highest BCUT2D eigenvalue weighted by atomic mass is 35.5. The van der Waals surface area contributed by atoms with Gasteiger partial charge < -0.3 is 24.3 Å². The topological polar surface area (TPSA) is 66.0 Å². The minimum Gasteiger partial charge on any atom is -0.495 e. The molecule has 1 N–H and O–H groups in total. The molecule has 7 heteroatoms. The van der Waals surface area contributed by atoms with Crippen LogP contribution in [-0.4, -0.2) is 33.8 Å². The van der Waals surface area contributed by atoms with Crippen molar-refractivity contribution < 1.29 is 23.7 Å². The second kappa shape index (κ2) is 9.73. The quantitative estimate of drug-likeness (QED) is 0.675. The van der Waals surface area contributed by atoms with Crippen LogP contribution in [0.3, 0.4) is 0 Å². The van der Waals surface area contributed by atoms with Gasteiger partial charge in [0, 0.05) is 18.2 Å². The van der Waals surface area contributed by atoms with E-state index < -0.39 is 0 Å². The normalized spacial score (nSPS) is 10.6. The van der Waals surface area contributed by atoms with Crippen LogP contribution in [0.25, 0.3) is 6.08 Å². The number of methoxy groups -OCH3 is 3. The third-order valence-electron chi connectivity index (χ3n) is 3.65. The lowest BCUT2D eigenvalue weighted by Gasteiger charge is -2.12.